The largest absolute Gasteiger partial charge is 0.354 e. The number of rotatable bonds is 4. The van der Waals surface area contributed by atoms with Crippen molar-refractivity contribution < 1.29 is 18.9 Å². The Kier molecular flexibility index (Phi) is 4.91. The number of hydrogen-bond donors (Lipinski definition) is 1. The Bertz CT molecular complexity index is 1300. The average molecular weight is 461 g/mol. The van der Waals surface area contributed by atoms with Gasteiger partial charge in [-0.15, -0.1) is 0 Å². The van der Waals surface area contributed by atoms with E-state index >= 15 is 0 Å². The van der Waals surface area contributed by atoms with Crippen LogP contribution >= 0.6 is 0 Å². The van der Waals surface area contributed by atoms with Crippen LogP contribution in [0.25, 0.3) is 11.0 Å². The Balaban J connectivity index is 1.10. The minimum atomic E-state index is -0.550. The molecule has 0 unspecified atom stereocenters. The summed E-state index contributed by atoms with van der Waals surface area (Å²) >= 11 is 0. The summed E-state index contributed by atoms with van der Waals surface area (Å²) < 4.78 is 5.42. The number of urea groups is 1. The summed E-state index contributed by atoms with van der Waals surface area (Å²) in [4.78, 5) is 45.2. The third kappa shape index (κ3) is 3.54. The van der Waals surface area contributed by atoms with Crippen molar-refractivity contribution in [3.63, 3.8) is 0 Å². The van der Waals surface area contributed by atoms with Gasteiger partial charge in [0.05, 0.1) is 18.5 Å². The molecule has 0 radical (unpaired) electrons. The second-order valence-electron chi connectivity index (χ2n) is 8.72. The number of carbonyl (C=O) groups excluding carboxylic acids is 3. The van der Waals surface area contributed by atoms with Crippen LogP contribution in [0.4, 0.5) is 10.6 Å². The number of fused-ring (bicyclic) bond motifs is 2. The zero-order valence-electron chi connectivity index (χ0n) is 18.4. The van der Waals surface area contributed by atoms with E-state index in [4.69, 9.17) is 4.52 Å². The van der Waals surface area contributed by atoms with Gasteiger partial charge in [0.1, 0.15) is 0 Å². The Morgan fingerprint density at radius 3 is 2.68 bits per heavy atom. The van der Waals surface area contributed by atoms with Gasteiger partial charge in [-0.25, -0.2) is 14.8 Å². The average Bonchev–Trinajstić information content (AvgIpc) is 3.41. The van der Waals surface area contributed by atoms with Crippen LogP contribution in [-0.2, 0) is 17.9 Å². The van der Waals surface area contributed by atoms with Gasteiger partial charge in [-0.1, -0.05) is 17.3 Å². The Morgan fingerprint density at radius 1 is 1.00 bits per heavy atom. The summed E-state index contributed by atoms with van der Waals surface area (Å²) in [5.74, 6) is 0.303. The molecule has 0 atom stereocenters. The van der Waals surface area contributed by atoms with Crippen molar-refractivity contribution in [2.45, 2.75) is 19.5 Å². The molecule has 0 saturated carbocycles. The number of carbonyl (C=O) groups is 3. The quantitative estimate of drug-likeness (QED) is 0.619. The normalized spacial score (nSPS) is 19.2. The predicted octanol–water partition coefficient (Wildman–Crippen LogP) is 1.36. The highest BCUT2D eigenvalue weighted by atomic mass is 16.5. The van der Waals surface area contributed by atoms with Crippen LogP contribution in [0.5, 0.6) is 0 Å². The van der Waals surface area contributed by atoms with Crippen molar-refractivity contribution in [2.24, 2.45) is 0 Å². The number of hydrazine groups is 1. The molecule has 11 nitrogen and oxygen atoms in total. The van der Waals surface area contributed by atoms with Crippen molar-refractivity contribution in [2.75, 3.05) is 37.6 Å². The molecule has 11 heteroatoms. The summed E-state index contributed by atoms with van der Waals surface area (Å²) in [7, 11) is 0. The van der Waals surface area contributed by atoms with E-state index in [-0.39, 0.29) is 24.8 Å². The van der Waals surface area contributed by atoms with E-state index in [0.717, 1.165) is 60.6 Å². The molecule has 1 N–H and O–H groups in total. The van der Waals surface area contributed by atoms with Crippen LogP contribution in [0.15, 0.2) is 41.2 Å². The number of hydrogen-bond acceptors (Lipinski definition) is 8. The molecule has 3 aromatic rings. The fraction of sp³-hybridized carbons (Fsp3) is 0.348. The van der Waals surface area contributed by atoms with Crippen LogP contribution in [0, 0.1) is 0 Å². The maximum Gasteiger partial charge on any atom is 0.342 e. The smallest absolute Gasteiger partial charge is 0.342 e. The summed E-state index contributed by atoms with van der Waals surface area (Å²) in [6.07, 6.45) is 3.67. The molecule has 174 valence electrons. The summed E-state index contributed by atoms with van der Waals surface area (Å²) in [5, 5.41) is 10.2. The SMILES string of the molecule is O=C1CCN(N2Cc3cc(CN4CCN(c5noc6ccncc56)CC4)ccc3C2=O)C(=O)N1. The number of aromatic nitrogens is 2. The number of imide groups is 1. The van der Waals surface area contributed by atoms with Gasteiger partial charge >= 0.3 is 6.03 Å². The highest BCUT2D eigenvalue weighted by Crippen LogP contribution is 2.28. The molecule has 2 aromatic heterocycles. The van der Waals surface area contributed by atoms with Crippen molar-refractivity contribution >= 4 is 34.6 Å². The van der Waals surface area contributed by atoms with Gasteiger partial charge in [0.15, 0.2) is 11.4 Å². The highest BCUT2D eigenvalue weighted by Gasteiger charge is 2.37. The summed E-state index contributed by atoms with van der Waals surface area (Å²) in [5.41, 5.74) is 3.36. The maximum absolute atomic E-state index is 12.9. The molecular weight excluding hydrogens is 438 g/mol. The van der Waals surface area contributed by atoms with Gasteiger partial charge in [0.25, 0.3) is 5.91 Å². The van der Waals surface area contributed by atoms with Gasteiger partial charge < -0.3 is 9.42 Å². The molecule has 4 amide bonds. The van der Waals surface area contributed by atoms with Gasteiger partial charge in [-0.2, -0.15) is 0 Å². The lowest BCUT2D eigenvalue weighted by atomic mass is 10.1. The van der Waals surface area contributed by atoms with Crippen LogP contribution in [0.1, 0.15) is 27.9 Å². The monoisotopic (exact) mass is 461 g/mol. The van der Waals surface area contributed by atoms with Crippen LogP contribution in [0.2, 0.25) is 0 Å². The minimum absolute atomic E-state index is 0.184. The van der Waals surface area contributed by atoms with Crippen molar-refractivity contribution in [1.29, 1.82) is 0 Å². The van der Waals surface area contributed by atoms with Crippen molar-refractivity contribution in [1.82, 2.24) is 30.4 Å². The van der Waals surface area contributed by atoms with E-state index in [2.05, 4.69) is 25.3 Å². The van der Waals surface area contributed by atoms with Crippen LogP contribution < -0.4 is 10.2 Å². The Morgan fingerprint density at radius 2 is 1.85 bits per heavy atom. The van der Waals surface area contributed by atoms with Gasteiger partial charge in [-0.05, 0) is 17.2 Å². The fourth-order valence-electron chi connectivity index (χ4n) is 4.81. The van der Waals surface area contributed by atoms with Crippen LogP contribution in [-0.4, -0.2) is 75.6 Å². The molecule has 0 aliphatic carbocycles. The first-order chi connectivity index (χ1) is 16.6. The molecule has 0 spiro atoms. The third-order valence-corrected chi connectivity index (χ3v) is 6.61. The molecule has 2 saturated heterocycles. The number of nitrogens with zero attached hydrogens (tertiary/aromatic N) is 6. The van der Waals surface area contributed by atoms with Crippen molar-refractivity contribution in [3.8, 4) is 0 Å². The number of pyridine rings is 1. The lowest BCUT2D eigenvalue weighted by Crippen LogP contribution is -2.56. The Labute approximate surface area is 194 Å². The molecule has 3 aliphatic rings. The van der Waals surface area contributed by atoms with Crippen molar-refractivity contribution in [3.05, 3.63) is 53.3 Å². The number of nitrogens with one attached hydrogen (secondary N) is 1. The minimum Gasteiger partial charge on any atom is -0.354 e. The summed E-state index contributed by atoms with van der Waals surface area (Å²) in [6, 6.07) is 7.13. The maximum atomic E-state index is 12.9. The van der Waals surface area contributed by atoms with Crippen LogP contribution in [0.3, 0.4) is 0 Å². The fourth-order valence-corrected chi connectivity index (χ4v) is 4.81. The van der Waals surface area contributed by atoms with E-state index in [9.17, 15) is 14.4 Å². The predicted molar refractivity (Wildman–Crippen MR) is 120 cm³/mol. The second-order valence-corrected chi connectivity index (χ2v) is 8.72. The lowest BCUT2D eigenvalue weighted by molar-refractivity contribution is -0.123. The lowest BCUT2D eigenvalue weighted by Gasteiger charge is -2.34. The number of anilines is 1. The number of piperazine rings is 1. The molecule has 2 fully saturated rings. The molecule has 34 heavy (non-hydrogen) atoms. The Hall–Kier alpha value is -3.99. The molecule has 3 aliphatic heterocycles. The molecule has 1 aromatic carbocycles. The zero-order valence-corrected chi connectivity index (χ0v) is 18.4. The van der Waals surface area contributed by atoms with Gasteiger partial charge in [-0.3, -0.25) is 24.8 Å². The molecular formula is C23H23N7O4. The topological polar surface area (TPSA) is 115 Å². The first-order valence-corrected chi connectivity index (χ1v) is 11.3. The highest BCUT2D eigenvalue weighted by molar-refractivity contribution is 6.02. The second kappa shape index (κ2) is 8.10. The van der Waals surface area contributed by atoms with Gasteiger partial charge in [0.2, 0.25) is 5.91 Å². The summed E-state index contributed by atoms with van der Waals surface area (Å²) in [6.45, 7) is 4.71. The zero-order chi connectivity index (χ0) is 23.2. The van der Waals surface area contributed by atoms with E-state index in [1.807, 2.05) is 24.3 Å². The molecule has 5 heterocycles. The van der Waals surface area contributed by atoms with E-state index in [0.29, 0.717) is 12.1 Å². The number of amides is 4. The first kappa shape index (κ1) is 20.6. The van der Waals surface area contributed by atoms with Gasteiger partial charge in [0, 0.05) is 63.2 Å². The third-order valence-electron chi connectivity index (χ3n) is 6.61. The molecule has 0 bridgehead atoms. The standard InChI is InChI=1S/C23H23N7O4/c31-20-4-6-29(23(33)25-20)30-14-16-11-15(1-2-17(16)22(30)32)13-27-7-9-28(10-8-27)21-18-12-24-5-3-19(18)34-26-21/h1-3,5,11-12H,4,6-10,13-14H2,(H,25,31,33). The van der Waals surface area contributed by atoms with E-state index in [1.165, 1.54) is 10.0 Å². The van der Waals surface area contributed by atoms with E-state index in [1.54, 1.807) is 12.4 Å². The molecule has 6 rings (SSSR count). The first-order valence-electron chi connectivity index (χ1n) is 11.3. The van der Waals surface area contributed by atoms with E-state index < -0.39 is 6.03 Å². The number of benzene rings is 1.